The average Bonchev–Trinajstić information content (AvgIpc) is 3.10. The summed E-state index contributed by atoms with van der Waals surface area (Å²) < 4.78 is 19.7. The molecule has 1 saturated heterocycles. The van der Waals surface area contributed by atoms with Gasteiger partial charge in [0.05, 0.1) is 17.2 Å². The number of carbonyl (C=O) groups excluding carboxylic acids is 1. The Morgan fingerprint density at radius 2 is 2.04 bits per heavy atom. The van der Waals surface area contributed by atoms with Crippen LogP contribution < -0.4 is 16.4 Å². The largest absolute Gasteiger partial charge is 0.380 e. The summed E-state index contributed by atoms with van der Waals surface area (Å²) in [5.41, 5.74) is 6.04. The molecule has 0 spiro atoms. The Kier molecular flexibility index (Phi) is 11.1. The highest BCUT2D eigenvalue weighted by molar-refractivity contribution is 5.95. The molecule has 1 heterocycles. The summed E-state index contributed by atoms with van der Waals surface area (Å²) in [5, 5.41) is 5.86. The van der Waals surface area contributed by atoms with E-state index in [9.17, 15) is 9.18 Å². The van der Waals surface area contributed by atoms with Crippen LogP contribution >= 0.6 is 24.8 Å². The molecule has 8 heteroatoms. The number of hydrogen-bond donors (Lipinski definition) is 3. The van der Waals surface area contributed by atoms with Crippen molar-refractivity contribution in [3.05, 3.63) is 24.0 Å². The Labute approximate surface area is 167 Å². The van der Waals surface area contributed by atoms with E-state index in [1.54, 1.807) is 12.1 Å². The van der Waals surface area contributed by atoms with Crippen molar-refractivity contribution >= 4 is 42.1 Å². The average molecular weight is 410 g/mol. The predicted molar refractivity (Wildman–Crippen MR) is 109 cm³/mol. The summed E-state index contributed by atoms with van der Waals surface area (Å²) in [6.45, 7) is 5.51. The Morgan fingerprint density at radius 1 is 1.35 bits per heavy atom. The van der Waals surface area contributed by atoms with Crippen molar-refractivity contribution in [3.8, 4) is 0 Å². The predicted octanol–water partition coefficient (Wildman–Crippen LogP) is 3.96. The fraction of sp³-hybridized carbons (Fsp3) is 0.611. The zero-order valence-corrected chi connectivity index (χ0v) is 17.0. The highest BCUT2D eigenvalue weighted by Crippen LogP contribution is 2.28. The number of halogens is 3. The molecule has 5 nitrogen and oxygen atoms in total. The van der Waals surface area contributed by atoms with Gasteiger partial charge in [0, 0.05) is 25.4 Å². The number of hydrogen-bond acceptors (Lipinski definition) is 4. The molecule has 1 atom stereocenters. The third-order valence-corrected chi connectivity index (χ3v) is 5.00. The van der Waals surface area contributed by atoms with Crippen LogP contribution in [0.3, 0.4) is 0 Å². The fourth-order valence-corrected chi connectivity index (χ4v) is 2.98. The van der Waals surface area contributed by atoms with Gasteiger partial charge in [-0.3, -0.25) is 4.79 Å². The molecule has 0 radical (unpaired) electrons. The first kappa shape index (κ1) is 24.9. The lowest BCUT2D eigenvalue weighted by Crippen LogP contribution is -2.41. The normalized spacial score (nSPS) is 16.4. The molecule has 1 aliphatic heterocycles. The van der Waals surface area contributed by atoms with Gasteiger partial charge in [0.25, 0.3) is 0 Å². The number of nitrogens with one attached hydrogen (secondary N) is 2. The summed E-state index contributed by atoms with van der Waals surface area (Å²) in [7, 11) is 0. The zero-order valence-electron chi connectivity index (χ0n) is 15.3. The lowest BCUT2D eigenvalue weighted by atomic mass is 9.81. The van der Waals surface area contributed by atoms with Gasteiger partial charge in [-0.1, -0.05) is 13.8 Å². The molecule has 26 heavy (non-hydrogen) atoms. The van der Waals surface area contributed by atoms with Crippen LogP contribution in [0.25, 0.3) is 0 Å². The molecular formula is C18H30Cl2FN3O2. The van der Waals surface area contributed by atoms with E-state index >= 15 is 0 Å². The Bertz CT molecular complexity index is 557. The van der Waals surface area contributed by atoms with E-state index in [4.69, 9.17) is 10.5 Å². The molecule has 0 aliphatic carbocycles. The first-order chi connectivity index (χ1) is 11.5. The molecule has 1 aliphatic rings. The molecule has 1 aromatic carbocycles. The van der Waals surface area contributed by atoms with E-state index in [1.165, 1.54) is 6.07 Å². The standard InChI is InChI=1S/C18H28FN3O2.2ClH/c1-3-18(4-2,12-20)17(23)22-13-7-8-16(15(19)10-13)21-11-14-6-5-9-24-14;;/h7-8,10,14,21H,3-6,9,11-12,20H2,1-2H3,(H,22,23);2*1H. The third-order valence-electron chi connectivity index (χ3n) is 5.00. The Balaban J connectivity index is 0.00000312. The van der Waals surface area contributed by atoms with E-state index in [0.29, 0.717) is 30.8 Å². The second kappa shape index (κ2) is 11.6. The maximum atomic E-state index is 14.2. The van der Waals surface area contributed by atoms with Crippen molar-refractivity contribution in [2.24, 2.45) is 11.1 Å². The van der Waals surface area contributed by atoms with E-state index in [0.717, 1.165) is 19.4 Å². The lowest BCUT2D eigenvalue weighted by Gasteiger charge is -2.28. The molecule has 0 bridgehead atoms. The molecule has 1 unspecified atom stereocenters. The fourth-order valence-electron chi connectivity index (χ4n) is 2.98. The van der Waals surface area contributed by atoms with Crippen LogP contribution in [-0.4, -0.2) is 31.7 Å². The number of benzene rings is 1. The van der Waals surface area contributed by atoms with Crippen LogP contribution in [0.2, 0.25) is 0 Å². The van der Waals surface area contributed by atoms with Crippen LogP contribution in [0.1, 0.15) is 39.5 Å². The minimum Gasteiger partial charge on any atom is -0.380 e. The summed E-state index contributed by atoms with van der Waals surface area (Å²) in [6.07, 6.45) is 3.49. The van der Waals surface area contributed by atoms with Crippen molar-refractivity contribution in [2.45, 2.75) is 45.6 Å². The molecule has 150 valence electrons. The minimum absolute atomic E-state index is 0. The van der Waals surface area contributed by atoms with E-state index in [2.05, 4.69) is 10.6 Å². The van der Waals surface area contributed by atoms with Gasteiger partial charge >= 0.3 is 0 Å². The quantitative estimate of drug-likeness (QED) is 0.606. The summed E-state index contributed by atoms with van der Waals surface area (Å²) in [6, 6.07) is 4.68. The van der Waals surface area contributed by atoms with Crippen LogP contribution in [-0.2, 0) is 9.53 Å². The number of carbonyl (C=O) groups is 1. The molecule has 0 aromatic heterocycles. The molecule has 0 saturated carbocycles. The molecule has 2 rings (SSSR count). The van der Waals surface area contributed by atoms with Gasteiger partial charge < -0.3 is 21.1 Å². The molecular weight excluding hydrogens is 380 g/mol. The lowest BCUT2D eigenvalue weighted by molar-refractivity contribution is -0.125. The Morgan fingerprint density at radius 3 is 2.54 bits per heavy atom. The van der Waals surface area contributed by atoms with Crippen molar-refractivity contribution in [1.82, 2.24) is 0 Å². The summed E-state index contributed by atoms with van der Waals surface area (Å²) in [5.74, 6) is -0.549. The zero-order chi connectivity index (χ0) is 17.6. The van der Waals surface area contributed by atoms with Gasteiger partial charge in [-0.25, -0.2) is 4.39 Å². The van der Waals surface area contributed by atoms with Crippen molar-refractivity contribution in [3.63, 3.8) is 0 Å². The minimum atomic E-state index is -0.604. The monoisotopic (exact) mass is 409 g/mol. The van der Waals surface area contributed by atoms with Crippen molar-refractivity contribution < 1.29 is 13.9 Å². The van der Waals surface area contributed by atoms with Crippen molar-refractivity contribution in [2.75, 3.05) is 30.3 Å². The smallest absolute Gasteiger partial charge is 0.231 e. The second-order valence-electron chi connectivity index (χ2n) is 6.36. The Hall–Kier alpha value is -1.08. The maximum absolute atomic E-state index is 14.2. The first-order valence-corrected chi connectivity index (χ1v) is 8.71. The van der Waals surface area contributed by atoms with Crippen LogP contribution in [0, 0.1) is 11.2 Å². The van der Waals surface area contributed by atoms with Gasteiger partial charge in [-0.05, 0) is 43.9 Å². The number of amides is 1. The highest BCUT2D eigenvalue weighted by atomic mass is 35.5. The molecule has 1 fully saturated rings. The molecule has 1 amide bonds. The molecule has 4 N–H and O–H groups in total. The van der Waals surface area contributed by atoms with Crippen molar-refractivity contribution in [1.29, 1.82) is 0 Å². The van der Waals surface area contributed by atoms with E-state index < -0.39 is 11.2 Å². The van der Waals surface area contributed by atoms with Gasteiger partial charge in [0.2, 0.25) is 5.91 Å². The summed E-state index contributed by atoms with van der Waals surface area (Å²) in [4.78, 5) is 12.5. The van der Waals surface area contributed by atoms with Crippen LogP contribution in [0.4, 0.5) is 15.8 Å². The van der Waals surface area contributed by atoms with E-state index in [-0.39, 0.29) is 43.4 Å². The summed E-state index contributed by atoms with van der Waals surface area (Å²) >= 11 is 0. The maximum Gasteiger partial charge on any atom is 0.231 e. The van der Waals surface area contributed by atoms with Crippen LogP contribution in [0.15, 0.2) is 18.2 Å². The third kappa shape index (κ3) is 5.98. The number of rotatable bonds is 8. The molecule has 1 aromatic rings. The number of anilines is 2. The second-order valence-corrected chi connectivity index (χ2v) is 6.36. The first-order valence-electron chi connectivity index (χ1n) is 8.71. The van der Waals surface area contributed by atoms with Gasteiger partial charge in [-0.15, -0.1) is 24.8 Å². The highest BCUT2D eigenvalue weighted by Gasteiger charge is 2.33. The SMILES string of the molecule is CCC(CC)(CN)C(=O)Nc1ccc(NCC2CCCO2)c(F)c1.Cl.Cl. The van der Waals surface area contributed by atoms with Gasteiger partial charge in [0.1, 0.15) is 5.82 Å². The van der Waals surface area contributed by atoms with E-state index in [1.807, 2.05) is 13.8 Å². The number of ether oxygens (including phenoxy) is 1. The topological polar surface area (TPSA) is 76.4 Å². The van der Waals surface area contributed by atoms with Gasteiger partial charge in [-0.2, -0.15) is 0 Å². The van der Waals surface area contributed by atoms with Crippen LogP contribution in [0.5, 0.6) is 0 Å². The van der Waals surface area contributed by atoms with Gasteiger partial charge in [0.15, 0.2) is 0 Å². The number of nitrogens with two attached hydrogens (primary N) is 1.